The first-order valence-electron chi connectivity index (χ1n) is 7.73. The van der Waals surface area contributed by atoms with Crippen molar-refractivity contribution in [1.82, 2.24) is 0 Å². The maximum Gasteiger partial charge on any atom is 0.303 e. The summed E-state index contributed by atoms with van der Waals surface area (Å²) in [4.78, 5) is 22.7. The fourth-order valence-corrected chi connectivity index (χ4v) is 2.45. The topological polar surface area (TPSA) is 75.6 Å². The second-order valence-corrected chi connectivity index (χ2v) is 6.78. The minimum atomic E-state index is -0.952. The fourth-order valence-electron chi connectivity index (χ4n) is 2.45. The van der Waals surface area contributed by atoms with Gasteiger partial charge in [0.15, 0.2) is 11.6 Å². The van der Waals surface area contributed by atoms with Gasteiger partial charge in [-0.1, -0.05) is 13.8 Å². The molecule has 2 rings (SSSR count). The minimum Gasteiger partial charge on any atom is -0.487 e. The number of hydrogen-bond acceptors (Lipinski definition) is 3. The Hall–Kier alpha value is -2.11. The number of nitrogens with one attached hydrogen (secondary N) is 1. The number of anilines is 1. The number of carbonyl (C=O) groups is 2. The molecule has 1 aliphatic rings. The summed E-state index contributed by atoms with van der Waals surface area (Å²) in [5.41, 5.74) is -0.332. The third-order valence-corrected chi connectivity index (χ3v) is 3.83. The molecule has 1 aliphatic carbocycles. The molecule has 0 spiro atoms. The summed E-state index contributed by atoms with van der Waals surface area (Å²) in [6.45, 7) is 3.41. The normalized spacial score (nSPS) is 14.9. The monoisotopic (exact) mass is 323 g/mol. The molecule has 0 radical (unpaired) electrons. The van der Waals surface area contributed by atoms with Crippen LogP contribution in [0.1, 0.15) is 46.0 Å². The molecule has 0 aromatic heterocycles. The van der Waals surface area contributed by atoms with Crippen LogP contribution in [-0.2, 0) is 9.59 Å². The Kier molecular flexibility index (Phi) is 5.23. The molecule has 0 heterocycles. The van der Waals surface area contributed by atoms with Crippen molar-refractivity contribution < 1.29 is 23.8 Å². The lowest BCUT2D eigenvalue weighted by Gasteiger charge is -2.26. The van der Waals surface area contributed by atoms with Crippen LogP contribution in [0.15, 0.2) is 18.2 Å². The molecular formula is C17H22FNO4. The highest BCUT2D eigenvalue weighted by molar-refractivity contribution is 5.91. The van der Waals surface area contributed by atoms with Crippen molar-refractivity contribution in [2.45, 2.75) is 52.1 Å². The lowest BCUT2D eigenvalue weighted by molar-refractivity contribution is -0.139. The highest BCUT2D eigenvalue weighted by Gasteiger charge is 2.25. The molecular weight excluding hydrogens is 301 g/mol. The van der Waals surface area contributed by atoms with E-state index in [-0.39, 0.29) is 30.6 Å². The van der Waals surface area contributed by atoms with E-state index in [0.29, 0.717) is 5.69 Å². The van der Waals surface area contributed by atoms with Crippen LogP contribution in [0.2, 0.25) is 0 Å². The zero-order valence-corrected chi connectivity index (χ0v) is 13.4. The van der Waals surface area contributed by atoms with E-state index in [0.717, 1.165) is 19.3 Å². The van der Waals surface area contributed by atoms with Crippen molar-refractivity contribution in [3.63, 3.8) is 0 Å². The number of ether oxygens (including phenoxy) is 1. The van der Waals surface area contributed by atoms with Gasteiger partial charge in [0.25, 0.3) is 0 Å². The number of amides is 1. The van der Waals surface area contributed by atoms with Gasteiger partial charge >= 0.3 is 5.97 Å². The Labute approximate surface area is 134 Å². The quantitative estimate of drug-likeness (QED) is 0.804. The number of carbonyl (C=O) groups excluding carboxylic acids is 1. The number of rotatable bonds is 7. The summed E-state index contributed by atoms with van der Waals surface area (Å²) in [6.07, 6.45) is 3.01. The van der Waals surface area contributed by atoms with Gasteiger partial charge in [0.1, 0.15) is 0 Å². The van der Waals surface area contributed by atoms with E-state index in [1.54, 1.807) is 19.9 Å². The van der Waals surface area contributed by atoms with Gasteiger partial charge in [-0.05, 0) is 36.8 Å². The number of carboxylic acid groups (broad SMARTS) is 1. The molecule has 0 atom stereocenters. The predicted molar refractivity (Wildman–Crippen MR) is 83.9 cm³/mol. The van der Waals surface area contributed by atoms with Crippen LogP contribution in [0.5, 0.6) is 5.75 Å². The molecule has 0 bridgehead atoms. The molecule has 2 N–H and O–H groups in total. The van der Waals surface area contributed by atoms with E-state index in [2.05, 4.69) is 5.32 Å². The maximum atomic E-state index is 14.0. The van der Waals surface area contributed by atoms with Crippen LogP contribution in [0.4, 0.5) is 10.1 Å². The number of benzene rings is 1. The predicted octanol–water partition coefficient (Wildman–Crippen LogP) is 3.59. The summed E-state index contributed by atoms with van der Waals surface area (Å²) >= 11 is 0. The van der Waals surface area contributed by atoms with Gasteiger partial charge in [0.2, 0.25) is 5.91 Å². The maximum absolute atomic E-state index is 14.0. The Morgan fingerprint density at radius 1 is 1.35 bits per heavy atom. The third kappa shape index (κ3) is 5.23. The van der Waals surface area contributed by atoms with E-state index in [4.69, 9.17) is 9.84 Å². The van der Waals surface area contributed by atoms with Crippen molar-refractivity contribution in [3.05, 3.63) is 24.0 Å². The number of carboxylic acids is 1. The molecule has 23 heavy (non-hydrogen) atoms. The lowest BCUT2D eigenvalue weighted by Crippen LogP contribution is -2.25. The van der Waals surface area contributed by atoms with Crippen molar-refractivity contribution >= 4 is 17.6 Å². The largest absolute Gasteiger partial charge is 0.487 e. The SMILES string of the molecule is CC(C)(CC(=O)O)CC(=O)Nc1ccc(OC2CCC2)c(F)c1. The first-order valence-corrected chi connectivity index (χ1v) is 7.73. The molecule has 126 valence electrons. The van der Waals surface area contributed by atoms with Gasteiger partial charge < -0.3 is 15.2 Å². The molecule has 1 aromatic carbocycles. The Bertz CT molecular complexity index is 596. The molecule has 1 fully saturated rings. The summed E-state index contributed by atoms with van der Waals surface area (Å²) in [5.74, 6) is -1.62. The second kappa shape index (κ2) is 6.98. The minimum absolute atomic E-state index is 0.0429. The van der Waals surface area contributed by atoms with E-state index in [9.17, 15) is 14.0 Å². The third-order valence-electron chi connectivity index (χ3n) is 3.83. The van der Waals surface area contributed by atoms with E-state index >= 15 is 0 Å². The number of halogens is 1. The number of hydrogen-bond donors (Lipinski definition) is 2. The average molecular weight is 323 g/mol. The summed E-state index contributed by atoms with van der Waals surface area (Å²) in [5, 5.41) is 11.4. The van der Waals surface area contributed by atoms with Crippen LogP contribution in [0, 0.1) is 11.2 Å². The molecule has 6 heteroatoms. The van der Waals surface area contributed by atoms with E-state index in [1.807, 2.05) is 0 Å². The van der Waals surface area contributed by atoms with Gasteiger partial charge in [0.05, 0.1) is 12.5 Å². The van der Waals surface area contributed by atoms with Gasteiger partial charge in [-0.15, -0.1) is 0 Å². The molecule has 0 saturated heterocycles. The second-order valence-electron chi connectivity index (χ2n) is 6.78. The van der Waals surface area contributed by atoms with Crippen LogP contribution in [-0.4, -0.2) is 23.1 Å². The zero-order valence-electron chi connectivity index (χ0n) is 13.4. The molecule has 1 saturated carbocycles. The van der Waals surface area contributed by atoms with Crippen LogP contribution < -0.4 is 10.1 Å². The van der Waals surface area contributed by atoms with Gasteiger partial charge in [-0.25, -0.2) is 4.39 Å². The van der Waals surface area contributed by atoms with Crippen LogP contribution in [0.3, 0.4) is 0 Å². The van der Waals surface area contributed by atoms with E-state index in [1.165, 1.54) is 12.1 Å². The Morgan fingerprint density at radius 3 is 2.57 bits per heavy atom. The zero-order chi connectivity index (χ0) is 17.0. The standard InChI is InChI=1S/C17H22FNO4/c1-17(2,10-16(21)22)9-15(20)19-11-6-7-14(13(18)8-11)23-12-4-3-5-12/h6-8,12H,3-5,9-10H2,1-2H3,(H,19,20)(H,21,22). The van der Waals surface area contributed by atoms with Crippen molar-refractivity contribution in [3.8, 4) is 5.75 Å². The molecule has 5 nitrogen and oxygen atoms in total. The molecule has 1 amide bonds. The fraction of sp³-hybridized carbons (Fsp3) is 0.529. The summed E-state index contributed by atoms with van der Waals surface area (Å²) in [7, 11) is 0. The lowest BCUT2D eigenvalue weighted by atomic mass is 9.85. The Balaban J connectivity index is 1.92. The molecule has 0 unspecified atom stereocenters. The van der Waals surface area contributed by atoms with Crippen molar-refractivity contribution in [2.75, 3.05) is 5.32 Å². The smallest absolute Gasteiger partial charge is 0.303 e. The van der Waals surface area contributed by atoms with Crippen molar-refractivity contribution in [1.29, 1.82) is 0 Å². The Morgan fingerprint density at radius 2 is 2.04 bits per heavy atom. The van der Waals surface area contributed by atoms with Crippen molar-refractivity contribution in [2.24, 2.45) is 5.41 Å². The van der Waals surface area contributed by atoms with Gasteiger partial charge in [-0.3, -0.25) is 9.59 Å². The highest BCUT2D eigenvalue weighted by atomic mass is 19.1. The molecule has 1 aromatic rings. The first kappa shape index (κ1) is 17.2. The molecule has 0 aliphatic heterocycles. The highest BCUT2D eigenvalue weighted by Crippen LogP contribution is 2.29. The first-order chi connectivity index (χ1) is 10.7. The average Bonchev–Trinajstić information content (AvgIpc) is 2.32. The summed E-state index contributed by atoms with van der Waals surface area (Å²) in [6, 6.07) is 4.31. The van der Waals surface area contributed by atoms with Gasteiger partial charge in [0, 0.05) is 18.2 Å². The number of aliphatic carboxylic acids is 1. The van der Waals surface area contributed by atoms with Gasteiger partial charge in [-0.2, -0.15) is 0 Å². The summed E-state index contributed by atoms with van der Waals surface area (Å²) < 4.78 is 19.5. The van der Waals surface area contributed by atoms with Crippen LogP contribution in [0.25, 0.3) is 0 Å². The van der Waals surface area contributed by atoms with E-state index < -0.39 is 17.2 Å². The van der Waals surface area contributed by atoms with Crippen LogP contribution >= 0.6 is 0 Å².